The molecule has 0 aromatic carbocycles. The van der Waals surface area contributed by atoms with Crippen molar-refractivity contribution in [3.63, 3.8) is 0 Å². The Bertz CT molecular complexity index is 209. The van der Waals surface area contributed by atoms with E-state index in [1.165, 1.54) is 19.3 Å². The lowest BCUT2D eigenvalue weighted by atomic mass is 10.0. The van der Waals surface area contributed by atoms with Crippen molar-refractivity contribution in [2.24, 2.45) is 11.0 Å². The SMILES string of the molecule is C=CC1C=NN(C)C1C(F)(F)F. The van der Waals surface area contributed by atoms with E-state index in [-0.39, 0.29) is 0 Å². The fraction of sp³-hybridized carbons (Fsp3) is 0.571. The largest absolute Gasteiger partial charge is 0.411 e. The van der Waals surface area contributed by atoms with Gasteiger partial charge in [0, 0.05) is 19.2 Å². The lowest BCUT2D eigenvalue weighted by Gasteiger charge is -2.24. The molecule has 2 unspecified atom stereocenters. The van der Waals surface area contributed by atoms with E-state index in [4.69, 9.17) is 0 Å². The first-order chi connectivity index (χ1) is 5.46. The van der Waals surface area contributed by atoms with E-state index < -0.39 is 18.1 Å². The van der Waals surface area contributed by atoms with Crippen molar-refractivity contribution in [2.75, 3.05) is 7.05 Å². The Hall–Kier alpha value is -1.00. The number of hydrogen-bond acceptors (Lipinski definition) is 2. The summed E-state index contributed by atoms with van der Waals surface area (Å²) < 4.78 is 36.8. The molecule has 0 N–H and O–H groups in total. The first-order valence-corrected chi connectivity index (χ1v) is 3.43. The quantitative estimate of drug-likeness (QED) is 0.557. The molecule has 2 atom stereocenters. The van der Waals surface area contributed by atoms with Crippen LogP contribution in [0.5, 0.6) is 0 Å². The lowest BCUT2D eigenvalue weighted by Crippen LogP contribution is -2.42. The molecule has 1 heterocycles. The second-order valence-corrected chi connectivity index (χ2v) is 2.64. The van der Waals surface area contributed by atoms with Gasteiger partial charge in [-0.2, -0.15) is 18.3 Å². The van der Waals surface area contributed by atoms with E-state index in [1.54, 1.807) is 0 Å². The van der Waals surface area contributed by atoms with E-state index in [1.807, 2.05) is 0 Å². The van der Waals surface area contributed by atoms with Crippen LogP contribution in [0.3, 0.4) is 0 Å². The summed E-state index contributed by atoms with van der Waals surface area (Å²) in [5.74, 6) is -0.727. The van der Waals surface area contributed by atoms with Crippen LogP contribution in [-0.2, 0) is 0 Å². The van der Waals surface area contributed by atoms with Gasteiger partial charge in [-0.05, 0) is 0 Å². The maximum atomic E-state index is 12.3. The second kappa shape index (κ2) is 2.80. The molecule has 12 heavy (non-hydrogen) atoms. The molecule has 1 aliphatic rings. The molecule has 0 radical (unpaired) electrons. The van der Waals surface area contributed by atoms with Crippen LogP contribution < -0.4 is 0 Å². The molecule has 0 saturated heterocycles. The molecule has 1 aliphatic heterocycles. The van der Waals surface area contributed by atoms with Gasteiger partial charge >= 0.3 is 6.18 Å². The zero-order valence-corrected chi connectivity index (χ0v) is 6.54. The summed E-state index contributed by atoms with van der Waals surface area (Å²) in [5.41, 5.74) is 0. The molecule has 5 heteroatoms. The van der Waals surface area contributed by atoms with Crippen molar-refractivity contribution in [3.8, 4) is 0 Å². The van der Waals surface area contributed by atoms with Gasteiger partial charge in [0.25, 0.3) is 0 Å². The average Bonchev–Trinajstić information content (AvgIpc) is 2.29. The highest BCUT2D eigenvalue weighted by atomic mass is 19.4. The van der Waals surface area contributed by atoms with Gasteiger partial charge in [-0.3, -0.25) is 5.01 Å². The Labute approximate surface area is 68.4 Å². The first kappa shape index (κ1) is 9.09. The molecule has 0 fully saturated rings. The van der Waals surface area contributed by atoms with Crippen LogP contribution in [0.2, 0.25) is 0 Å². The number of hydrogen-bond donors (Lipinski definition) is 0. The maximum Gasteiger partial charge on any atom is 0.411 e. The normalized spacial score (nSPS) is 29.5. The number of alkyl halides is 3. The summed E-state index contributed by atoms with van der Waals surface area (Å²) in [5, 5.41) is 4.46. The van der Waals surface area contributed by atoms with Crippen molar-refractivity contribution < 1.29 is 13.2 Å². The van der Waals surface area contributed by atoms with Crippen LogP contribution in [0.25, 0.3) is 0 Å². The summed E-state index contributed by atoms with van der Waals surface area (Å²) in [6.45, 7) is 3.32. The van der Waals surface area contributed by atoms with Crippen LogP contribution in [-0.4, -0.2) is 30.5 Å². The number of nitrogens with zero attached hydrogens (tertiary/aromatic N) is 2. The van der Waals surface area contributed by atoms with Crippen LogP contribution >= 0.6 is 0 Å². The van der Waals surface area contributed by atoms with Gasteiger partial charge < -0.3 is 0 Å². The van der Waals surface area contributed by atoms with Gasteiger partial charge in [-0.15, -0.1) is 6.58 Å². The van der Waals surface area contributed by atoms with Crippen LogP contribution in [0.15, 0.2) is 17.8 Å². The van der Waals surface area contributed by atoms with E-state index >= 15 is 0 Å². The molecule has 1 rings (SSSR count). The fourth-order valence-corrected chi connectivity index (χ4v) is 1.20. The number of halogens is 3. The fourth-order valence-electron chi connectivity index (χ4n) is 1.20. The topological polar surface area (TPSA) is 15.6 Å². The monoisotopic (exact) mass is 178 g/mol. The average molecular weight is 178 g/mol. The van der Waals surface area contributed by atoms with Crippen LogP contribution in [0.4, 0.5) is 13.2 Å². The smallest absolute Gasteiger partial charge is 0.287 e. The van der Waals surface area contributed by atoms with Crippen molar-refractivity contribution in [1.29, 1.82) is 0 Å². The molecule has 0 amide bonds. The standard InChI is InChI=1S/C7H9F3N2/c1-3-5-4-11-12(2)6(5)7(8,9)10/h3-6H,1H2,2H3. The van der Waals surface area contributed by atoms with Crippen molar-refractivity contribution in [1.82, 2.24) is 5.01 Å². The highest BCUT2D eigenvalue weighted by Crippen LogP contribution is 2.32. The minimum Gasteiger partial charge on any atom is -0.287 e. The van der Waals surface area contributed by atoms with E-state index in [9.17, 15) is 13.2 Å². The Kier molecular flexibility index (Phi) is 2.12. The first-order valence-electron chi connectivity index (χ1n) is 3.43. The third kappa shape index (κ3) is 1.44. The Morgan fingerprint density at radius 3 is 2.50 bits per heavy atom. The third-order valence-electron chi connectivity index (χ3n) is 1.80. The minimum atomic E-state index is -4.25. The van der Waals surface area contributed by atoms with E-state index in [0.717, 1.165) is 5.01 Å². The van der Waals surface area contributed by atoms with Crippen molar-refractivity contribution in [2.45, 2.75) is 12.2 Å². The maximum absolute atomic E-state index is 12.3. The molecule has 68 valence electrons. The summed E-state index contributed by atoms with van der Waals surface area (Å²) in [7, 11) is 1.30. The van der Waals surface area contributed by atoms with Crippen molar-refractivity contribution >= 4 is 6.21 Å². The molecule has 0 spiro atoms. The minimum absolute atomic E-state index is 0.727. The summed E-state index contributed by atoms with van der Waals surface area (Å²) in [4.78, 5) is 0. The highest BCUT2D eigenvalue weighted by molar-refractivity contribution is 5.66. The Morgan fingerprint density at radius 2 is 2.17 bits per heavy atom. The van der Waals surface area contributed by atoms with Gasteiger partial charge in [-0.25, -0.2) is 0 Å². The van der Waals surface area contributed by atoms with Gasteiger partial charge in [0.2, 0.25) is 0 Å². The zero-order valence-electron chi connectivity index (χ0n) is 6.54. The van der Waals surface area contributed by atoms with Gasteiger partial charge in [0.1, 0.15) is 0 Å². The molecule has 0 saturated carbocycles. The summed E-state index contributed by atoms with van der Waals surface area (Å²) in [6.07, 6.45) is -1.74. The Morgan fingerprint density at radius 1 is 1.58 bits per heavy atom. The lowest BCUT2D eigenvalue weighted by molar-refractivity contribution is -0.180. The van der Waals surface area contributed by atoms with E-state index in [0.29, 0.717) is 0 Å². The predicted octanol–water partition coefficient (Wildman–Crippen LogP) is 1.65. The zero-order chi connectivity index (χ0) is 9.35. The van der Waals surface area contributed by atoms with Gasteiger partial charge in [-0.1, -0.05) is 6.08 Å². The summed E-state index contributed by atoms with van der Waals surface area (Å²) >= 11 is 0. The molecule has 0 bridgehead atoms. The molecule has 0 aliphatic carbocycles. The van der Waals surface area contributed by atoms with Crippen molar-refractivity contribution in [3.05, 3.63) is 12.7 Å². The van der Waals surface area contributed by atoms with E-state index in [2.05, 4.69) is 11.7 Å². The summed E-state index contributed by atoms with van der Waals surface area (Å²) in [6, 6.07) is -1.55. The number of hydrazone groups is 1. The Balaban J connectivity index is 2.82. The van der Waals surface area contributed by atoms with Crippen LogP contribution in [0.1, 0.15) is 0 Å². The highest BCUT2D eigenvalue weighted by Gasteiger charge is 2.48. The number of rotatable bonds is 1. The van der Waals surface area contributed by atoms with Gasteiger partial charge in [0.15, 0.2) is 6.04 Å². The molecular weight excluding hydrogens is 169 g/mol. The molecule has 0 aromatic rings. The molecular formula is C7H9F3N2. The molecule has 0 aromatic heterocycles. The predicted molar refractivity (Wildman–Crippen MR) is 39.8 cm³/mol. The van der Waals surface area contributed by atoms with Gasteiger partial charge in [0.05, 0.1) is 0 Å². The third-order valence-corrected chi connectivity index (χ3v) is 1.80. The van der Waals surface area contributed by atoms with Crippen LogP contribution in [0, 0.1) is 5.92 Å². The second-order valence-electron chi connectivity index (χ2n) is 2.64. The molecule has 2 nitrogen and oxygen atoms in total.